The van der Waals surface area contributed by atoms with Gasteiger partial charge in [0.15, 0.2) is 5.82 Å². The molecule has 2 heterocycles. The van der Waals surface area contributed by atoms with Crippen LogP contribution in [0.25, 0.3) is 0 Å². The fourth-order valence-electron chi connectivity index (χ4n) is 2.63. The molecule has 2 fully saturated rings. The molecule has 6 nitrogen and oxygen atoms in total. The van der Waals surface area contributed by atoms with Crippen molar-refractivity contribution in [2.24, 2.45) is 5.92 Å². The number of nitrogens with zero attached hydrogens (tertiary/aromatic N) is 2. The molecule has 3 rings (SSSR count). The SMILES string of the molecule is Cc1cc(NC(=O)CN(C[C@H]2CCOC2)C2CC2)no1. The third-order valence-corrected chi connectivity index (χ3v) is 3.82. The molecular weight excluding hydrogens is 258 g/mol. The first-order chi connectivity index (χ1) is 9.70. The molecule has 1 aromatic heterocycles. The molecule has 0 unspecified atom stereocenters. The normalized spacial score (nSPS) is 22.4. The maximum atomic E-state index is 12.1. The Morgan fingerprint density at radius 2 is 2.35 bits per heavy atom. The van der Waals surface area contributed by atoms with Crippen molar-refractivity contribution in [3.8, 4) is 0 Å². The molecule has 0 spiro atoms. The van der Waals surface area contributed by atoms with Crippen molar-refractivity contribution in [2.45, 2.75) is 32.2 Å². The lowest BCUT2D eigenvalue weighted by atomic mass is 10.1. The van der Waals surface area contributed by atoms with Gasteiger partial charge in [0.25, 0.3) is 0 Å². The zero-order valence-electron chi connectivity index (χ0n) is 11.8. The Morgan fingerprint density at radius 3 is 2.95 bits per heavy atom. The maximum Gasteiger partial charge on any atom is 0.239 e. The van der Waals surface area contributed by atoms with Crippen LogP contribution in [0.4, 0.5) is 5.82 Å². The van der Waals surface area contributed by atoms with Gasteiger partial charge in [0.05, 0.1) is 13.2 Å². The van der Waals surface area contributed by atoms with Crippen LogP contribution in [-0.4, -0.2) is 48.3 Å². The minimum atomic E-state index is -0.0240. The monoisotopic (exact) mass is 279 g/mol. The van der Waals surface area contributed by atoms with Gasteiger partial charge in [-0.2, -0.15) is 0 Å². The van der Waals surface area contributed by atoms with Crippen LogP contribution in [0.5, 0.6) is 0 Å². The number of amides is 1. The predicted molar refractivity (Wildman–Crippen MR) is 73.4 cm³/mol. The Kier molecular flexibility index (Phi) is 4.03. The molecule has 110 valence electrons. The van der Waals surface area contributed by atoms with Crippen molar-refractivity contribution in [3.63, 3.8) is 0 Å². The molecule has 2 aliphatic rings. The first-order valence-corrected chi connectivity index (χ1v) is 7.25. The lowest BCUT2D eigenvalue weighted by Gasteiger charge is -2.23. The number of ether oxygens (including phenoxy) is 1. The van der Waals surface area contributed by atoms with Crippen LogP contribution in [0.1, 0.15) is 25.0 Å². The molecule has 1 N–H and O–H groups in total. The standard InChI is InChI=1S/C14H21N3O3/c1-10-6-13(16-20-10)15-14(18)8-17(12-2-3-12)7-11-4-5-19-9-11/h6,11-12H,2-5,7-9H2,1H3,(H,15,16,18)/t11-/m1/s1. The highest BCUT2D eigenvalue weighted by atomic mass is 16.5. The topological polar surface area (TPSA) is 67.6 Å². The number of nitrogens with one attached hydrogen (secondary N) is 1. The summed E-state index contributed by atoms with van der Waals surface area (Å²) < 4.78 is 10.4. The average Bonchev–Trinajstić information content (AvgIpc) is 2.99. The van der Waals surface area contributed by atoms with E-state index < -0.39 is 0 Å². The van der Waals surface area contributed by atoms with Crippen molar-refractivity contribution in [2.75, 3.05) is 31.6 Å². The summed E-state index contributed by atoms with van der Waals surface area (Å²) in [6.45, 7) is 4.86. The molecule has 1 saturated heterocycles. The molecule has 1 aliphatic carbocycles. The van der Waals surface area contributed by atoms with Crippen LogP contribution in [0.3, 0.4) is 0 Å². The smallest absolute Gasteiger partial charge is 0.239 e. The number of carbonyl (C=O) groups excluding carboxylic acids is 1. The van der Waals surface area contributed by atoms with Crippen LogP contribution in [-0.2, 0) is 9.53 Å². The summed E-state index contributed by atoms with van der Waals surface area (Å²) in [7, 11) is 0. The Balaban J connectivity index is 1.51. The van der Waals surface area contributed by atoms with E-state index in [0.29, 0.717) is 30.1 Å². The number of carbonyl (C=O) groups is 1. The Bertz CT molecular complexity index is 464. The number of aryl methyl sites for hydroxylation is 1. The van der Waals surface area contributed by atoms with E-state index >= 15 is 0 Å². The number of hydrogen-bond donors (Lipinski definition) is 1. The van der Waals surface area contributed by atoms with Gasteiger partial charge in [-0.25, -0.2) is 0 Å². The van der Waals surface area contributed by atoms with E-state index in [9.17, 15) is 4.79 Å². The van der Waals surface area contributed by atoms with Gasteiger partial charge in [0.1, 0.15) is 5.76 Å². The maximum absolute atomic E-state index is 12.1. The van der Waals surface area contributed by atoms with Gasteiger partial charge in [-0.05, 0) is 32.1 Å². The Morgan fingerprint density at radius 1 is 1.50 bits per heavy atom. The summed E-state index contributed by atoms with van der Waals surface area (Å²) in [5, 5.41) is 6.57. The van der Waals surface area contributed by atoms with E-state index in [0.717, 1.165) is 26.2 Å². The van der Waals surface area contributed by atoms with E-state index in [1.807, 2.05) is 0 Å². The fourth-order valence-corrected chi connectivity index (χ4v) is 2.63. The molecule has 20 heavy (non-hydrogen) atoms. The number of aromatic nitrogens is 1. The number of anilines is 1. The zero-order valence-corrected chi connectivity index (χ0v) is 11.8. The van der Waals surface area contributed by atoms with Gasteiger partial charge in [-0.15, -0.1) is 0 Å². The predicted octanol–water partition coefficient (Wildman–Crippen LogP) is 1.42. The third kappa shape index (κ3) is 3.58. The highest BCUT2D eigenvalue weighted by Gasteiger charge is 2.32. The van der Waals surface area contributed by atoms with Gasteiger partial charge < -0.3 is 14.6 Å². The summed E-state index contributed by atoms with van der Waals surface area (Å²) in [6, 6.07) is 2.30. The first kappa shape index (κ1) is 13.6. The van der Waals surface area contributed by atoms with Crippen molar-refractivity contribution in [1.29, 1.82) is 0 Å². The largest absolute Gasteiger partial charge is 0.381 e. The summed E-state index contributed by atoms with van der Waals surface area (Å²) in [4.78, 5) is 14.4. The molecule has 6 heteroatoms. The van der Waals surface area contributed by atoms with Crippen LogP contribution in [0, 0.1) is 12.8 Å². The highest BCUT2D eigenvalue weighted by Crippen LogP contribution is 2.28. The van der Waals surface area contributed by atoms with Crippen molar-refractivity contribution < 1.29 is 14.1 Å². The molecule has 1 amide bonds. The molecule has 1 atom stereocenters. The van der Waals surface area contributed by atoms with Gasteiger partial charge in [0, 0.05) is 25.3 Å². The molecule has 1 aliphatic heterocycles. The average molecular weight is 279 g/mol. The Labute approximate surface area is 118 Å². The van der Waals surface area contributed by atoms with Gasteiger partial charge in [0.2, 0.25) is 5.91 Å². The minimum Gasteiger partial charge on any atom is -0.381 e. The Hall–Kier alpha value is -1.40. The third-order valence-electron chi connectivity index (χ3n) is 3.82. The number of rotatable bonds is 6. The van der Waals surface area contributed by atoms with Crippen molar-refractivity contribution in [3.05, 3.63) is 11.8 Å². The lowest BCUT2D eigenvalue weighted by Crippen LogP contribution is -2.38. The molecular formula is C14H21N3O3. The fraction of sp³-hybridized carbons (Fsp3) is 0.714. The van der Waals surface area contributed by atoms with E-state index in [-0.39, 0.29) is 5.91 Å². The van der Waals surface area contributed by atoms with Crippen LogP contribution in [0.15, 0.2) is 10.6 Å². The van der Waals surface area contributed by atoms with E-state index in [1.54, 1.807) is 13.0 Å². The second-order valence-corrected chi connectivity index (χ2v) is 5.76. The number of hydrogen-bond acceptors (Lipinski definition) is 5. The minimum absolute atomic E-state index is 0.0240. The summed E-state index contributed by atoms with van der Waals surface area (Å²) in [5.41, 5.74) is 0. The molecule has 0 bridgehead atoms. The van der Waals surface area contributed by atoms with Gasteiger partial charge >= 0.3 is 0 Å². The van der Waals surface area contributed by atoms with Gasteiger partial charge in [-0.1, -0.05) is 5.16 Å². The van der Waals surface area contributed by atoms with Crippen LogP contribution < -0.4 is 5.32 Å². The molecule has 1 saturated carbocycles. The summed E-state index contributed by atoms with van der Waals surface area (Å²) in [5.74, 6) is 1.73. The summed E-state index contributed by atoms with van der Waals surface area (Å²) >= 11 is 0. The second kappa shape index (κ2) is 5.93. The molecule has 0 radical (unpaired) electrons. The summed E-state index contributed by atoms with van der Waals surface area (Å²) in [6.07, 6.45) is 3.50. The lowest BCUT2D eigenvalue weighted by molar-refractivity contribution is -0.117. The molecule has 1 aromatic rings. The van der Waals surface area contributed by atoms with Crippen LogP contribution >= 0.6 is 0 Å². The van der Waals surface area contributed by atoms with E-state index in [4.69, 9.17) is 9.26 Å². The molecule has 0 aromatic carbocycles. The second-order valence-electron chi connectivity index (χ2n) is 5.76. The van der Waals surface area contributed by atoms with E-state index in [2.05, 4.69) is 15.4 Å². The van der Waals surface area contributed by atoms with Gasteiger partial charge in [-0.3, -0.25) is 9.69 Å². The van der Waals surface area contributed by atoms with E-state index in [1.165, 1.54) is 12.8 Å². The van der Waals surface area contributed by atoms with Crippen molar-refractivity contribution in [1.82, 2.24) is 10.1 Å². The van der Waals surface area contributed by atoms with Crippen LogP contribution in [0.2, 0.25) is 0 Å². The highest BCUT2D eigenvalue weighted by molar-refractivity contribution is 5.91. The quantitative estimate of drug-likeness (QED) is 0.853. The van der Waals surface area contributed by atoms with Crippen molar-refractivity contribution >= 4 is 11.7 Å². The first-order valence-electron chi connectivity index (χ1n) is 7.25. The zero-order chi connectivity index (χ0) is 13.9.